The first-order valence-corrected chi connectivity index (χ1v) is 7.15. The van der Waals surface area contributed by atoms with Crippen LogP contribution >= 0.6 is 0 Å². The minimum atomic E-state index is -0.586. The van der Waals surface area contributed by atoms with Crippen LogP contribution < -0.4 is 0 Å². The van der Waals surface area contributed by atoms with Gasteiger partial charge in [-0.1, -0.05) is 25.5 Å². The normalized spacial score (nSPS) is 22.8. The molecule has 3 heteroatoms. The number of carbonyl (C=O) groups excluding carboxylic acids is 2. The highest BCUT2D eigenvalue weighted by atomic mass is 16.5. The van der Waals surface area contributed by atoms with Gasteiger partial charge in [-0.05, 0) is 51.4 Å². The van der Waals surface area contributed by atoms with E-state index in [4.69, 9.17) is 4.74 Å². The standard InChI is InChI=1S/C16H26O3/c1-6-19-15(18)14(12(3)17)10-9-13-8-7-11(2)16(13,4)5/h7,13-14H,6,8-10H2,1-5H3. The molecule has 0 fully saturated rings. The Bertz CT molecular complexity index is 379. The first-order valence-electron chi connectivity index (χ1n) is 7.15. The topological polar surface area (TPSA) is 43.4 Å². The Morgan fingerprint density at radius 2 is 2.11 bits per heavy atom. The second kappa shape index (κ2) is 6.36. The highest BCUT2D eigenvalue weighted by molar-refractivity contribution is 5.97. The molecule has 0 bridgehead atoms. The summed E-state index contributed by atoms with van der Waals surface area (Å²) in [6, 6.07) is 0. The molecule has 0 saturated heterocycles. The van der Waals surface area contributed by atoms with Crippen molar-refractivity contribution >= 4 is 11.8 Å². The average molecular weight is 266 g/mol. The maximum absolute atomic E-state index is 11.8. The molecule has 3 nitrogen and oxygen atoms in total. The number of allylic oxidation sites excluding steroid dienone is 2. The molecule has 0 amide bonds. The predicted molar refractivity (Wildman–Crippen MR) is 75.7 cm³/mol. The van der Waals surface area contributed by atoms with Crippen LogP contribution in [-0.4, -0.2) is 18.4 Å². The Morgan fingerprint density at radius 1 is 1.47 bits per heavy atom. The van der Waals surface area contributed by atoms with Crippen LogP contribution in [0.5, 0.6) is 0 Å². The third-order valence-corrected chi connectivity index (χ3v) is 4.61. The van der Waals surface area contributed by atoms with E-state index in [0.717, 1.165) is 12.8 Å². The van der Waals surface area contributed by atoms with E-state index >= 15 is 0 Å². The number of ether oxygens (including phenoxy) is 1. The zero-order valence-electron chi connectivity index (χ0n) is 12.8. The monoisotopic (exact) mass is 266 g/mol. The van der Waals surface area contributed by atoms with E-state index in [-0.39, 0.29) is 17.2 Å². The van der Waals surface area contributed by atoms with Gasteiger partial charge in [-0.2, -0.15) is 0 Å². The molecule has 0 saturated carbocycles. The minimum Gasteiger partial charge on any atom is -0.465 e. The number of hydrogen-bond donors (Lipinski definition) is 0. The molecule has 0 aromatic heterocycles. The lowest BCUT2D eigenvalue weighted by Crippen LogP contribution is -2.27. The van der Waals surface area contributed by atoms with Crippen molar-refractivity contribution in [3.8, 4) is 0 Å². The Kier molecular flexibility index (Phi) is 5.33. The highest BCUT2D eigenvalue weighted by Gasteiger charge is 2.36. The Hall–Kier alpha value is -1.12. The summed E-state index contributed by atoms with van der Waals surface area (Å²) in [5, 5.41) is 0. The molecule has 0 aliphatic heterocycles. The molecule has 0 radical (unpaired) electrons. The van der Waals surface area contributed by atoms with Crippen LogP contribution in [0, 0.1) is 17.3 Å². The van der Waals surface area contributed by atoms with Gasteiger partial charge in [0.1, 0.15) is 11.7 Å². The molecule has 1 aliphatic rings. The van der Waals surface area contributed by atoms with Gasteiger partial charge in [-0.3, -0.25) is 9.59 Å². The molecule has 0 aromatic rings. The first-order chi connectivity index (χ1) is 8.80. The molecular formula is C16H26O3. The summed E-state index contributed by atoms with van der Waals surface area (Å²) in [4.78, 5) is 23.3. The van der Waals surface area contributed by atoms with E-state index in [1.807, 2.05) is 0 Å². The van der Waals surface area contributed by atoms with Crippen molar-refractivity contribution in [2.24, 2.45) is 17.3 Å². The van der Waals surface area contributed by atoms with Crippen molar-refractivity contribution < 1.29 is 14.3 Å². The molecule has 108 valence electrons. The number of hydrogen-bond acceptors (Lipinski definition) is 3. The van der Waals surface area contributed by atoms with E-state index in [1.165, 1.54) is 12.5 Å². The lowest BCUT2D eigenvalue weighted by molar-refractivity contribution is -0.151. The van der Waals surface area contributed by atoms with Crippen LogP contribution in [0.25, 0.3) is 0 Å². The summed E-state index contributed by atoms with van der Waals surface area (Å²) in [6.07, 6.45) is 4.82. The number of carbonyl (C=O) groups is 2. The summed E-state index contributed by atoms with van der Waals surface area (Å²) in [5.41, 5.74) is 1.59. The Balaban J connectivity index is 2.59. The summed E-state index contributed by atoms with van der Waals surface area (Å²) in [5.74, 6) is -0.519. The highest BCUT2D eigenvalue weighted by Crippen LogP contribution is 2.45. The van der Waals surface area contributed by atoms with Crippen LogP contribution in [0.4, 0.5) is 0 Å². The third-order valence-electron chi connectivity index (χ3n) is 4.61. The number of Topliss-reactive ketones (excluding diaryl/α,β-unsaturated/α-hetero) is 1. The number of esters is 1. The molecule has 0 N–H and O–H groups in total. The number of ketones is 1. The van der Waals surface area contributed by atoms with E-state index in [0.29, 0.717) is 18.9 Å². The van der Waals surface area contributed by atoms with E-state index in [2.05, 4.69) is 26.8 Å². The zero-order valence-corrected chi connectivity index (χ0v) is 12.8. The van der Waals surface area contributed by atoms with Crippen molar-refractivity contribution in [2.45, 2.75) is 53.9 Å². The summed E-state index contributed by atoms with van der Waals surface area (Å²) in [6.45, 7) is 10.2. The van der Waals surface area contributed by atoms with Crippen molar-refractivity contribution in [3.63, 3.8) is 0 Å². The van der Waals surface area contributed by atoms with Gasteiger partial charge in [0, 0.05) is 0 Å². The molecular weight excluding hydrogens is 240 g/mol. The second-order valence-corrected chi connectivity index (χ2v) is 6.03. The Labute approximate surface area is 116 Å². The fraction of sp³-hybridized carbons (Fsp3) is 0.750. The van der Waals surface area contributed by atoms with E-state index in [9.17, 15) is 9.59 Å². The van der Waals surface area contributed by atoms with Crippen LogP contribution in [0.1, 0.15) is 53.9 Å². The van der Waals surface area contributed by atoms with Crippen molar-refractivity contribution in [1.29, 1.82) is 0 Å². The Morgan fingerprint density at radius 3 is 2.53 bits per heavy atom. The van der Waals surface area contributed by atoms with E-state index < -0.39 is 5.92 Å². The molecule has 2 atom stereocenters. The fourth-order valence-electron chi connectivity index (χ4n) is 2.78. The molecule has 1 rings (SSSR count). The van der Waals surface area contributed by atoms with Crippen LogP contribution in [0.15, 0.2) is 11.6 Å². The molecule has 0 heterocycles. The van der Waals surface area contributed by atoms with Crippen LogP contribution in [-0.2, 0) is 14.3 Å². The SMILES string of the molecule is CCOC(=O)C(CCC1CC=C(C)C1(C)C)C(C)=O. The maximum Gasteiger partial charge on any atom is 0.316 e. The minimum absolute atomic E-state index is 0.0843. The zero-order chi connectivity index (χ0) is 14.6. The summed E-state index contributed by atoms with van der Waals surface area (Å²) < 4.78 is 4.98. The smallest absolute Gasteiger partial charge is 0.316 e. The van der Waals surface area contributed by atoms with Gasteiger partial charge in [-0.15, -0.1) is 0 Å². The quantitative estimate of drug-likeness (QED) is 0.419. The second-order valence-electron chi connectivity index (χ2n) is 6.03. The van der Waals surface area contributed by atoms with Crippen molar-refractivity contribution in [3.05, 3.63) is 11.6 Å². The van der Waals surface area contributed by atoms with Gasteiger partial charge >= 0.3 is 5.97 Å². The first kappa shape index (κ1) is 15.9. The van der Waals surface area contributed by atoms with E-state index in [1.54, 1.807) is 6.92 Å². The molecule has 2 unspecified atom stereocenters. The lowest BCUT2D eigenvalue weighted by Gasteiger charge is -2.30. The molecule has 0 spiro atoms. The van der Waals surface area contributed by atoms with Crippen molar-refractivity contribution in [1.82, 2.24) is 0 Å². The molecule has 1 aliphatic carbocycles. The van der Waals surface area contributed by atoms with Crippen LogP contribution in [0.2, 0.25) is 0 Å². The summed E-state index contributed by atoms with van der Waals surface area (Å²) >= 11 is 0. The van der Waals surface area contributed by atoms with Gasteiger partial charge in [-0.25, -0.2) is 0 Å². The molecule has 19 heavy (non-hydrogen) atoms. The fourth-order valence-corrected chi connectivity index (χ4v) is 2.78. The largest absolute Gasteiger partial charge is 0.465 e. The van der Waals surface area contributed by atoms with Gasteiger partial charge in [0.05, 0.1) is 6.61 Å². The van der Waals surface area contributed by atoms with Crippen LogP contribution in [0.3, 0.4) is 0 Å². The van der Waals surface area contributed by atoms with Gasteiger partial charge < -0.3 is 4.74 Å². The lowest BCUT2D eigenvalue weighted by atomic mass is 9.74. The molecule has 0 aromatic carbocycles. The van der Waals surface area contributed by atoms with Crippen molar-refractivity contribution in [2.75, 3.05) is 6.61 Å². The van der Waals surface area contributed by atoms with Gasteiger partial charge in [0.15, 0.2) is 0 Å². The van der Waals surface area contributed by atoms with Gasteiger partial charge in [0.25, 0.3) is 0 Å². The third kappa shape index (κ3) is 3.68. The average Bonchev–Trinajstić information content (AvgIpc) is 2.55. The maximum atomic E-state index is 11.8. The predicted octanol–water partition coefficient (Wildman–Crippen LogP) is 3.53. The summed E-state index contributed by atoms with van der Waals surface area (Å²) in [7, 11) is 0. The van der Waals surface area contributed by atoms with Gasteiger partial charge in [0.2, 0.25) is 0 Å². The number of rotatable bonds is 6.